The summed E-state index contributed by atoms with van der Waals surface area (Å²) in [6.07, 6.45) is 4.02. The van der Waals surface area contributed by atoms with Crippen molar-refractivity contribution in [1.82, 2.24) is 4.98 Å². The number of hydrogen-bond acceptors (Lipinski definition) is 4. The second kappa shape index (κ2) is 7.16. The summed E-state index contributed by atoms with van der Waals surface area (Å²) in [4.78, 5) is 16.6. The number of nitrogens with zero attached hydrogens (tertiary/aromatic N) is 1. The average Bonchev–Trinajstić information content (AvgIpc) is 3.51. The van der Waals surface area contributed by atoms with E-state index in [9.17, 15) is 4.79 Å². The second-order valence-corrected chi connectivity index (χ2v) is 6.66. The first-order valence-electron chi connectivity index (χ1n) is 9.14. The maximum absolute atomic E-state index is 12.0. The number of esters is 1. The molecular formula is C22H22N2O2. The molecular weight excluding hydrogens is 324 g/mol. The Balaban J connectivity index is 1.67. The second-order valence-electron chi connectivity index (χ2n) is 6.66. The van der Waals surface area contributed by atoms with Gasteiger partial charge in [0.1, 0.15) is 0 Å². The standard InChI is InChI=1S/C22H22N2O2/c1-2-26-22(25)18-12-17-10-11-19(23-13-15-6-4-3-5-7-15)20(16-8-9-16)21(17)24-14-18/h3-7,10-12,14,16,23H,2,8-9,13H2,1H3. The van der Waals surface area contributed by atoms with Crippen molar-refractivity contribution in [2.75, 3.05) is 11.9 Å². The number of rotatable bonds is 6. The predicted molar refractivity (Wildman–Crippen MR) is 103 cm³/mol. The molecule has 3 aromatic rings. The lowest BCUT2D eigenvalue weighted by Gasteiger charge is -2.14. The highest BCUT2D eigenvalue weighted by atomic mass is 16.5. The van der Waals surface area contributed by atoms with Crippen LogP contribution >= 0.6 is 0 Å². The summed E-state index contributed by atoms with van der Waals surface area (Å²) in [7, 11) is 0. The number of nitrogens with one attached hydrogen (secondary N) is 1. The van der Waals surface area contributed by atoms with Gasteiger partial charge in [0.15, 0.2) is 0 Å². The molecule has 0 radical (unpaired) electrons. The third-order valence-corrected chi connectivity index (χ3v) is 4.71. The third kappa shape index (κ3) is 3.40. The minimum Gasteiger partial charge on any atom is -0.462 e. The lowest BCUT2D eigenvalue weighted by Crippen LogP contribution is -2.06. The van der Waals surface area contributed by atoms with Crippen LogP contribution in [0, 0.1) is 0 Å². The van der Waals surface area contributed by atoms with Gasteiger partial charge in [-0.15, -0.1) is 0 Å². The van der Waals surface area contributed by atoms with Crippen molar-refractivity contribution in [2.24, 2.45) is 0 Å². The molecule has 0 aliphatic heterocycles. The smallest absolute Gasteiger partial charge is 0.339 e. The van der Waals surface area contributed by atoms with Gasteiger partial charge >= 0.3 is 5.97 Å². The number of aromatic nitrogens is 1. The fourth-order valence-electron chi connectivity index (χ4n) is 3.28. The lowest BCUT2D eigenvalue weighted by molar-refractivity contribution is 0.0526. The number of pyridine rings is 1. The van der Waals surface area contributed by atoms with E-state index in [0.717, 1.165) is 23.1 Å². The maximum Gasteiger partial charge on any atom is 0.339 e. The van der Waals surface area contributed by atoms with Crippen molar-refractivity contribution < 1.29 is 9.53 Å². The first-order valence-corrected chi connectivity index (χ1v) is 9.14. The van der Waals surface area contributed by atoms with E-state index in [-0.39, 0.29) is 5.97 Å². The Morgan fingerprint density at radius 3 is 2.73 bits per heavy atom. The maximum atomic E-state index is 12.0. The molecule has 1 heterocycles. The van der Waals surface area contributed by atoms with Crippen LogP contribution in [-0.2, 0) is 11.3 Å². The van der Waals surface area contributed by atoms with E-state index in [2.05, 4.69) is 40.6 Å². The lowest BCUT2D eigenvalue weighted by atomic mass is 10.0. The van der Waals surface area contributed by atoms with Crippen LogP contribution in [0.15, 0.2) is 54.7 Å². The molecule has 26 heavy (non-hydrogen) atoms. The molecule has 4 nitrogen and oxygen atoms in total. The van der Waals surface area contributed by atoms with Gasteiger partial charge in [-0.3, -0.25) is 4.98 Å². The first kappa shape index (κ1) is 16.6. The fraction of sp³-hybridized carbons (Fsp3) is 0.273. The zero-order valence-electron chi connectivity index (χ0n) is 14.9. The minimum absolute atomic E-state index is 0.318. The Bertz CT molecular complexity index is 934. The quantitative estimate of drug-likeness (QED) is 0.645. The largest absolute Gasteiger partial charge is 0.462 e. The monoisotopic (exact) mass is 346 g/mol. The predicted octanol–water partition coefficient (Wildman–Crippen LogP) is 4.90. The van der Waals surface area contributed by atoms with Crippen molar-refractivity contribution in [1.29, 1.82) is 0 Å². The summed E-state index contributed by atoms with van der Waals surface area (Å²) < 4.78 is 5.09. The Hall–Kier alpha value is -2.88. The van der Waals surface area contributed by atoms with Crippen molar-refractivity contribution in [3.8, 4) is 0 Å². The van der Waals surface area contributed by atoms with Crippen LogP contribution in [0.25, 0.3) is 10.9 Å². The first-order chi connectivity index (χ1) is 12.8. The van der Waals surface area contributed by atoms with E-state index in [1.165, 1.54) is 24.0 Å². The van der Waals surface area contributed by atoms with Gasteiger partial charge in [-0.2, -0.15) is 0 Å². The fourth-order valence-corrected chi connectivity index (χ4v) is 3.28. The molecule has 0 saturated heterocycles. The van der Waals surface area contributed by atoms with Crippen LogP contribution in [0.2, 0.25) is 0 Å². The molecule has 1 aliphatic rings. The minimum atomic E-state index is -0.318. The topological polar surface area (TPSA) is 51.2 Å². The highest BCUT2D eigenvalue weighted by Crippen LogP contribution is 2.46. The molecule has 4 rings (SSSR count). The number of benzene rings is 2. The highest BCUT2D eigenvalue weighted by Gasteiger charge is 2.29. The van der Waals surface area contributed by atoms with Crippen molar-refractivity contribution in [2.45, 2.75) is 32.2 Å². The number of carbonyl (C=O) groups excluding carboxylic acids is 1. The highest BCUT2D eigenvalue weighted by molar-refractivity contribution is 5.96. The number of hydrogen-bond donors (Lipinski definition) is 1. The van der Waals surface area contributed by atoms with Gasteiger partial charge in [0.05, 0.1) is 17.7 Å². The molecule has 1 saturated carbocycles. The molecule has 1 aromatic heterocycles. The van der Waals surface area contributed by atoms with Crippen LogP contribution in [0.5, 0.6) is 0 Å². The van der Waals surface area contributed by atoms with Crippen LogP contribution in [0.1, 0.15) is 47.2 Å². The molecule has 1 N–H and O–H groups in total. The number of ether oxygens (including phenoxy) is 1. The summed E-state index contributed by atoms with van der Waals surface area (Å²) in [6.45, 7) is 2.96. The molecule has 0 unspecified atom stereocenters. The zero-order chi connectivity index (χ0) is 17.9. The molecule has 1 fully saturated rings. The van der Waals surface area contributed by atoms with Gasteiger partial charge in [-0.1, -0.05) is 36.4 Å². The Morgan fingerprint density at radius 1 is 1.19 bits per heavy atom. The van der Waals surface area contributed by atoms with Crippen molar-refractivity contribution in [3.63, 3.8) is 0 Å². The van der Waals surface area contributed by atoms with Crippen LogP contribution in [-0.4, -0.2) is 17.6 Å². The molecule has 0 atom stereocenters. The SMILES string of the molecule is CCOC(=O)c1cnc2c(C3CC3)c(NCc3ccccc3)ccc2c1. The molecule has 0 spiro atoms. The zero-order valence-corrected chi connectivity index (χ0v) is 14.9. The van der Waals surface area contributed by atoms with Crippen molar-refractivity contribution in [3.05, 3.63) is 71.4 Å². The van der Waals surface area contributed by atoms with E-state index >= 15 is 0 Å². The van der Waals surface area contributed by atoms with E-state index in [0.29, 0.717) is 18.1 Å². The van der Waals surface area contributed by atoms with Crippen LogP contribution in [0.3, 0.4) is 0 Å². The van der Waals surface area contributed by atoms with Gasteiger partial charge in [0, 0.05) is 29.4 Å². The van der Waals surface area contributed by atoms with Crippen molar-refractivity contribution >= 4 is 22.6 Å². The molecule has 4 heteroatoms. The number of carbonyl (C=O) groups is 1. The number of fused-ring (bicyclic) bond motifs is 1. The van der Waals surface area contributed by atoms with Gasteiger partial charge in [-0.05, 0) is 43.4 Å². The van der Waals surface area contributed by atoms with E-state index in [1.807, 2.05) is 25.1 Å². The van der Waals surface area contributed by atoms with Gasteiger partial charge in [-0.25, -0.2) is 4.79 Å². The average molecular weight is 346 g/mol. The molecule has 132 valence electrons. The Kier molecular flexibility index (Phi) is 4.57. The van der Waals surface area contributed by atoms with Crippen LogP contribution in [0.4, 0.5) is 5.69 Å². The van der Waals surface area contributed by atoms with E-state index in [4.69, 9.17) is 4.74 Å². The van der Waals surface area contributed by atoms with Crippen LogP contribution < -0.4 is 5.32 Å². The molecule has 0 amide bonds. The number of anilines is 1. The van der Waals surface area contributed by atoms with E-state index in [1.54, 1.807) is 6.20 Å². The molecule has 1 aliphatic carbocycles. The summed E-state index contributed by atoms with van der Waals surface area (Å²) >= 11 is 0. The van der Waals surface area contributed by atoms with Gasteiger partial charge < -0.3 is 10.1 Å². The van der Waals surface area contributed by atoms with E-state index < -0.39 is 0 Å². The van der Waals surface area contributed by atoms with Gasteiger partial charge in [0.25, 0.3) is 0 Å². The summed E-state index contributed by atoms with van der Waals surface area (Å²) in [5.41, 5.74) is 5.15. The summed E-state index contributed by atoms with van der Waals surface area (Å²) in [5, 5.41) is 4.56. The summed E-state index contributed by atoms with van der Waals surface area (Å²) in [5.74, 6) is 0.235. The summed E-state index contributed by atoms with van der Waals surface area (Å²) in [6, 6.07) is 16.4. The Labute approximate surface area is 153 Å². The van der Waals surface area contributed by atoms with Gasteiger partial charge in [0.2, 0.25) is 0 Å². The normalized spacial score (nSPS) is 13.6. The third-order valence-electron chi connectivity index (χ3n) is 4.71. The Morgan fingerprint density at radius 2 is 2.00 bits per heavy atom. The molecule has 2 aromatic carbocycles. The molecule has 0 bridgehead atoms.